The minimum atomic E-state index is -2.99. The van der Waals surface area contributed by atoms with Crippen LogP contribution in [0.25, 0.3) is 0 Å². The average molecular weight is 383 g/mol. The van der Waals surface area contributed by atoms with Gasteiger partial charge in [-0.1, -0.05) is 13.0 Å². The number of anilines is 1. The largest absolute Gasteiger partial charge is 0.497 e. The van der Waals surface area contributed by atoms with Crippen LogP contribution < -0.4 is 15.0 Å². The van der Waals surface area contributed by atoms with E-state index in [1.54, 1.807) is 14.0 Å². The first kappa shape index (κ1) is 20.4. The van der Waals surface area contributed by atoms with Crippen molar-refractivity contribution in [3.63, 3.8) is 0 Å². The van der Waals surface area contributed by atoms with Gasteiger partial charge in [0, 0.05) is 50.2 Å². The Morgan fingerprint density at radius 1 is 1.23 bits per heavy atom. The molecule has 0 aliphatic carbocycles. The third kappa shape index (κ3) is 5.79. The van der Waals surface area contributed by atoms with Gasteiger partial charge in [0.1, 0.15) is 5.75 Å². The number of hydrogen-bond acceptors (Lipinski definition) is 5. The Morgan fingerprint density at radius 3 is 2.58 bits per heavy atom. The van der Waals surface area contributed by atoms with E-state index in [-0.39, 0.29) is 11.5 Å². The lowest BCUT2D eigenvalue weighted by Crippen LogP contribution is -2.52. The molecule has 0 atom stereocenters. The van der Waals surface area contributed by atoms with Crippen LogP contribution in [0, 0.1) is 0 Å². The Kier molecular flexibility index (Phi) is 7.56. The minimum absolute atomic E-state index is 0.0994. The fourth-order valence-corrected chi connectivity index (χ4v) is 3.50. The van der Waals surface area contributed by atoms with Gasteiger partial charge >= 0.3 is 0 Å². The van der Waals surface area contributed by atoms with E-state index in [0.29, 0.717) is 6.54 Å². The molecule has 1 aromatic carbocycles. The van der Waals surface area contributed by atoms with Crippen molar-refractivity contribution in [1.29, 1.82) is 0 Å². The molecular weight excluding hydrogens is 352 g/mol. The van der Waals surface area contributed by atoms with Crippen LogP contribution in [0.3, 0.4) is 0 Å². The maximum atomic E-state index is 11.6. The summed E-state index contributed by atoms with van der Waals surface area (Å²) in [6.45, 7) is 8.18. The number of rotatable bonds is 7. The topological polar surface area (TPSA) is 74.2 Å². The number of ether oxygens (including phenoxy) is 1. The SMILES string of the molecule is CCNC(=NCCS(=O)(=O)CC)N1CCN(c2cccc(OC)c2)CC1. The van der Waals surface area contributed by atoms with Crippen molar-refractivity contribution < 1.29 is 13.2 Å². The van der Waals surface area contributed by atoms with Crippen molar-refractivity contribution in [2.24, 2.45) is 4.99 Å². The van der Waals surface area contributed by atoms with Crippen LogP contribution in [-0.2, 0) is 9.84 Å². The van der Waals surface area contributed by atoms with Crippen molar-refractivity contribution in [2.45, 2.75) is 13.8 Å². The third-order valence-corrected chi connectivity index (χ3v) is 6.12. The summed E-state index contributed by atoms with van der Waals surface area (Å²) < 4.78 is 28.6. The van der Waals surface area contributed by atoms with Crippen molar-refractivity contribution in [3.05, 3.63) is 24.3 Å². The summed E-state index contributed by atoms with van der Waals surface area (Å²) >= 11 is 0. The highest BCUT2D eigenvalue weighted by molar-refractivity contribution is 7.91. The summed E-state index contributed by atoms with van der Waals surface area (Å²) in [5.74, 6) is 1.92. The molecule has 1 saturated heterocycles. The molecule has 0 bridgehead atoms. The van der Waals surface area contributed by atoms with Gasteiger partial charge in [-0.25, -0.2) is 8.42 Å². The second-order valence-corrected chi connectivity index (χ2v) is 8.62. The van der Waals surface area contributed by atoms with E-state index in [4.69, 9.17) is 4.74 Å². The maximum absolute atomic E-state index is 11.6. The summed E-state index contributed by atoms with van der Waals surface area (Å²) in [4.78, 5) is 9.03. The van der Waals surface area contributed by atoms with Crippen LogP contribution in [0.1, 0.15) is 13.8 Å². The highest BCUT2D eigenvalue weighted by Gasteiger charge is 2.20. The Bertz CT molecular complexity index is 698. The molecule has 7 nitrogen and oxygen atoms in total. The van der Waals surface area contributed by atoms with Gasteiger partial charge in [0.25, 0.3) is 0 Å². The van der Waals surface area contributed by atoms with Gasteiger partial charge in [-0.3, -0.25) is 4.99 Å². The van der Waals surface area contributed by atoms with Crippen molar-refractivity contribution >= 4 is 21.5 Å². The van der Waals surface area contributed by atoms with E-state index in [2.05, 4.69) is 26.2 Å². The van der Waals surface area contributed by atoms with E-state index in [1.165, 1.54) is 0 Å². The Balaban J connectivity index is 1.96. The average Bonchev–Trinajstić information content (AvgIpc) is 2.67. The van der Waals surface area contributed by atoms with Gasteiger partial charge in [0.15, 0.2) is 15.8 Å². The van der Waals surface area contributed by atoms with Crippen molar-refractivity contribution in [3.8, 4) is 5.75 Å². The monoisotopic (exact) mass is 382 g/mol. The standard InChI is InChI=1S/C18H30N4O3S/c1-4-19-18(20-9-14-26(23,24)5-2)22-12-10-21(11-13-22)16-7-6-8-17(15-16)25-3/h6-8,15H,4-5,9-14H2,1-3H3,(H,19,20). The fraction of sp³-hybridized carbons (Fsp3) is 0.611. The van der Waals surface area contributed by atoms with Gasteiger partial charge in [-0.15, -0.1) is 0 Å². The van der Waals surface area contributed by atoms with E-state index in [0.717, 1.165) is 50.1 Å². The van der Waals surface area contributed by atoms with E-state index >= 15 is 0 Å². The van der Waals surface area contributed by atoms with Crippen LogP contribution in [0.4, 0.5) is 5.69 Å². The normalized spacial score (nSPS) is 15.9. The second kappa shape index (κ2) is 9.66. The van der Waals surface area contributed by atoms with Gasteiger partial charge in [-0.05, 0) is 19.1 Å². The van der Waals surface area contributed by atoms with Gasteiger partial charge in [0.05, 0.1) is 19.4 Å². The minimum Gasteiger partial charge on any atom is -0.497 e. The lowest BCUT2D eigenvalue weighted by Gasteiger charge is -2.37. The van der Waals surface area contributed by atoms with Crippen LogP contribution in [0.2, 0.25) is 0 Å². The highest BCUT2D eigenvalue weighted by Crippen LogP contribution is 2.22. The zero-order chi connectivity index (χ0) is 19.0. The van der Waals surface area contributed by atoms with Crippen LogP contribution in [0.15, 0.2) is 29.3 Å². The fourth-order valence-electron chi connectivity index (χ4n) is 2.84. The predicted molar refractivity (Wildman–Crippen MR) is 107 cm³/mol. The molecule has 1 aliphatic heterocycles. The molecule has 146 valence electrons. The molecule has 1 aromatic rings. The summed E-state index contributed by atoms with van der Waals surface area (Å²) in [6, 6.07) is 8.08. The van der Waals surface area contributed by atoms with E-state index < -0.39 is 9.84 Å². The molecule has 1 aliphatic rings. The first-order valence-corrected chi connectivity index (χ1v) is 10.9. The van der Waals surface area contributed by atoms with Gasteiger partial charge in [-0.2, -0.15) is 0 Å². The third-order valence-electron chi connectivity index (χ3n) is 4.44. The molecule has 2 rings (SSSR count). The molecule has 0 aromatic heterocycles. The number of benzene rings is 1. The Labute approximate surface area is 157 Å². The number of methoxy groups -OCH3 is 1. The van der Waals surface area contributed by atoms with Crippen LogP contribution >= 0.6 is 0 Å². The molecule has 0 unspecified atom stereocenters. The second-order valence-electron chi connectivity index (χ2n) is 6.15. The first-order chi connectivity index (χ1) is 12.5. The summed E-state index contributed by atoms with van der Waals surface area (Å²) in [5, 5.41) is 3.27. The van der Waals surface area contributed by atoms with Crippen LogP contribution in [-0.4, -0.2) is 77.2 Å². The number of aliphatic imine (C=N–C) groups is 1. The molecule has 0 radical (unpaired) electrons. The smallest absolute Gasteiger partial charge is 0.194 e. The zero-order valence-electron chi connectivity index (χ0n) is 15.9. The molecule has 0 spiro atoms. The summed E-state index contributed by atoms with van der Waals surface area (Å²) in [5.41, 5.74) is 1.15. The lowest BCUT2D eigenvalue weighted by atomic mass is 10.2. The molecule has 8 heteroatoms. The quantitative estimate of drug-likeness (QED) is 0.565. The number of nitrogens with zero attached hydrogens (tertiary/aromatic N) is 3. The highest BCUT2D eigenvalue weighted by atomic mass is 32.2. The number of hydrogen-bond donors (Lipinski definition) is 1. The van der Waals surface area contributed by atoms with Gasteiger partial charge < -0.3 is 19.9 Å². The molecule has 26 heavy (non-hydrogen) atoms. The molecule has 0 amide bonds. The number of nitrogens with one attached hydrogen (secondary N) is 1. The zero-order valence-corrected chi connectivity index (χ0v) is 16.8. The Morgan fingerprint density at radius 2 is 1.96 bits per heavy atom. The van der Waals surface area contributed by atoms with E-state index in [1.807, 2.05) is 25.1 Å². The van der Waals surface area contributed by atoms with Crippen LogP contribution in [0.5, 0.6) is 5.75 Å². The Hall–Kier alpha value is -1.96. The van der Waals surface area contributed by atoms with Gasteiger partial charge in [0.2, 0.25) is 0 Å². The summed E-state index contributed by atoms with van der Waals surface area (Å²) in [6.07, 6.45) is 0. The first-order valence-electron chi connectivity index (χ1n) is 9.11. The molecule has 0 saturated carbocycles. The lowest BCUT2D eigenvalue weighted by molar-refractivity contribution is 0.372. The van der Waals surface area contributed by atoms with Crippen molar-refractivity contribution in [1.82, 2.24) is 10.2 Å². The summed E-state index contributed by atoms with van der Waals surface area (Å²) in [7, 11) is -1.31. The predicted octanol–water partition coefficient (Wildman–Crippen LogP) is 1.22. The molecular formula is C18H30N4O3S. The van der Waals surface area contributed by atoms with E-state index in [9.17, 15) is 8.42 Å². The molecule has 1 fully saturated rings. The number of sulfone groups is 1. The molecule has 1 heterocycles. The molecule has 1 N–H and O–H groups in total. The number of piperazine rings is 1. The number of guanidine groups is 1. The maximum Gasteiger partial charge on any atom is 0.194 e. The van der Waals surface area contributed by atoms with Crippen molar-refractivity contribution in [2.75, 3.05) is 62.8 Å².